The number of aliphatic carboxylic acids is 2. The van der Waals surface area contributed by atoms with E-state index in [9.17, 15) is 9.59 Å². The highest BCUT2D eigenvalue weighted by Crippen LogP contribution is 2.00. The molecule has 132 valence electrons. The summed E-state index contributed by atoms with van der Waals surface area (Å²) in [6.45, 7) is 1.56. The van der Waals surface area contributed by atoms with Crippen molar-refractivity contribution in [3.8, 4) is 0 Å². The molecule has 8 N–H and O–H groups in total. The van der Waals surface area contributed by atoms with E-state index in [-0.39, 0.29) is 0 Å². The van der Waals surface area contributed by atoms with Crippen molar-refractivity contribution in [1.29, 1.82) is 0 Å². The lowest BCUT2D eigenvalue weighted by Gasteiger charge is -2.23. The Bertz CT molecular complexity index is 318. The van der Waals surface area contributed by atoms with Crippen LogP contribution in [-0.4, -0.2) is 73.0 Å². The minimum atomic E-state index is -0.933. The number of quaternary nitrogens is 1. The van der Waals surface area contributed by atoms with Crippen LogP contribution in [0.15, 0.2) is 0 Å². The van der Waals surface area contributed by atoms with Gasteiger partial charge in [-0.25, -0.2) is 0 Å². The van der Waals surface area contributed by atoms with E-state index in [1.54, 1.807) is 0 Å². The van der Waals surface area contributed by atoms with Gasteiger partial charge in [-0.3, -0.25) is 9.59 Å². The predicted octanol–water partition coefficient (Wildman–Crippen LogP) is -0.588. The van der Waals surface area contributed by atoms with Gasteiger partial charge in [-0.2, -0.15) is 0 Å². The van der Waals surface area contributed by atoms with Crippen LogP contribution < -0.4 is 17.2 Å². The molecule has 0 heterocycles. The molecule has 0 bridgehead atoms. The highest BCUT2D eigenvalue weighted by Gasteiger charge is 2.13. The Hall–Kier alpha value is -1.22. The summed E-state index contributed by atoms with van der Waals surface area (Å²) in [7, 11) is 6.23. The Morgan fingerprint density at radius 1 is 0.909 bits per heavy atom. The minimum Gasteiger partial charge on any atom is -0.480 e. The molecule has 0 saturated heterocycles. The Balaban J connectivity index is 0. The molecule has 0 aromatic heterocycles. The molecule has 0 aliphatic heterocycles. The summed E-state index contributed by atoms with van der Waals surface area (Å²) in [5.41, 5.74) is 15.8. The molecule has 0 fully saturated rings. The molecule has 0 aromatic carbocycles. The summed E-state index contributed by atoms with van der Waals surface area (Å²) in [4.78, 5) is 20.5. The number of carboxylic acid groups (broad SMARTS) is 2. The topological polar surface area (TPSA) is 153 Å². The van der Waals surface area contributed by atoms with Crippen LogP contribution in [-0.2, 0) is 9.59 Å². The first-order valence-corrected chi connectivity index (χ1v) is 7.48. The third-order valence-corrected chi connectivity index (χ3v) is 2.95. The lowest BCUT2D eigenvalue weighted by Crippen LogP contribution is -2.37. The highest BCUT2D eigenvalue weighted by atomic mass is 16.4. The number of nitrogens with two attached hydrogens (primary N) is 3. The molecule has 8 heteroatoms. The van der Waals surface area contributed by atoms with Gasteiger partial charge in [0.15, 0.2) is 0 Å². The first-order chi connectivity index (χ1) is 10.0. The summed E-state index contributed by atoms with van der Waals surface area (Å²) in [5.74, 6) is -1.84. The minimum absolute atomic E-state index is 0.520. The van der Waals surface area contributed by atoms with Gasteiger partial charge in [-0.1, -0.05) is 6.42 Å². The standard InChI is InChI=1S/C8H18N2O2.C6H14N2O2/c1-10(2,3)6-4-5-7(9)8(11)12;7-4-2-1-3-5(8)6(9)10/h7H,4-6,9H2,1-3H3;5H,1-4,7-8H2,(H,9,10)/p+1. The molecule has 0 spiro atoms. The second kappa shape index (κ2) is 12.3. The number of unbranched alkanes of at least 4 members (excludes halogenated alkanes) is 1. The van der Waals surface area contributed by atoms with Crippen LogP contribution in [0.3, 0.4) is 0 Å². The van der Waals surface area contributed by atoms with E-state index in [1.807, 2.05) is 0 Å². The van der Waals surface area contributed by atoms with Crippen LogP contribution in [0.25, 0.3) is 0 Å². The summed E-state index contributed by atoms with van der Waals surface area (Å²) < 4.78 is 0.854. The van der Waals surface area contributed by atoms with Crippen LogP contribution in [0, 0.1) is 0 Å². The van der Waals surface area contributed by atoms with Crippen molar-refractivity contribution >= 4 is 11.9 Å². The summed E-state index contributed by atoms with van der Waals surface area (Å²) in [6.07, 6.45) is 3.58. The van der Waals surface area contributed by atoms with E-state index in [4.69, 9.17) is 27.4 Å². The fraction of sp³-hybridized carbons (Fsp3) is 0.857. The van der Waals surface area contributed by atoms with E-state index in [1.165, 1.54) is 0 Å². The summed E-state index contributed by atoms with van der Waals surface area (Å²) in [5, 5.41) is 16.8. The average molecular weight is 321 g/mol. The van der Waals surface area contributed by atoms with Crippen LogP contribution in [0.2, 0.25) is 0 Å². The highest BCUT2D eigenvalue weighted by molar-refractivity contribution is 5.73. The maximum absolute atomic E-state index is 10.3. The zero-order valence-electron chi connectivity index (χ0n) is 14.0. The molecule has 0 radical (unpaired) electrons. The van der Waals surface area contributed by atoms with Crippen molar-refractivity contribution in [2.45, 2.75) is 44.2 Å². The fourth-order valence-electron chi connectivity index (χ4n) is 1.54. The molecular weight excluding hydrogens is 288 g/mol. The smallest absolute Gasteiger partial charge is 0.320 e. The summed E-state index contributed by atoms with van der Waals surface area (Å²) in [6, 6.07) is -1.41. The van der Waals surface area contributed by atoms with Gasteiger partial charge in [0.25, 0.3) is 0 Å². The number of hydrogen-bond donors (Lipinski definition) is 5. The molecule has 8 nitrogen and oxygen atoms in total. The molecule has 0 rings (SSSR count). The quantitative estimate of drug-likeness (QED) is 0.266. The van der Waals surface area contributed by atoms with Crippen LogP contribution in [0.4, 0.5) is 0 Å². The third-order valence-electron chi connectivity index (χ3n) is 2.95. The van der Waals surface area contributed by atoms with E-state index in [0.717, 1.165) is 30.3 Å². The molecule has 0 amide bonds. The van der Waals surface area contributed by atoms with E-state index in [0.29, 0.717) is 19.4 Å². The average Bonchev–Trinajstić information content (AvgIpc) is 2.37. The van der Waals surface area contributed by atoms with Crippen LogP contribution in [0.1, 0.15) is 32.1 Å². The first-order valence-electron chi connectivity index (χ1n) is 7.48. The number of carboxylic acids is 2. The predicted molar refractivity (Wildman–Crippen MR) is 86.3 cm³/mol. The molecule has 2 atom stereocenters. The number of rotatable bonds is 10. The van der Waals surface area contributed by atoms with Gasteiger partial charge in [0.2, 0.25) is 0 Å². The van der Waals surface area contributed by atoms with Crippen molar-refractivity contribution < 1.29 is 24.3 Å². The Kier molecular flexibility index (Phi) is 12.9. The fourth-order valence-corrected chi connectivity index (χ4v) is 1.54. The van der Waals surface area contributed by atoms with Gasteiger partial charge in [0.05, 0.1) is 27.7 Å². The van der Waals surface area contributed by atoms with Crippen LogP contribution in [0.5, 0.6) is 0 Å². The number of nitrogens with zero attached hydrogens (tertiary/aromatic N) is 1. The molecule has 2 unspecified atom stereocenters. The van der Waals surface area contributed by atoms with Gasteiger partial charge < -0.3 is 31.9 Å². The third kappa shape index (κ3) is 16.8. The first kappa shape index (κ1) is 23.1. The number of carbonyl (C=O) groups is 2. The van der Waals surface area contributed by atoms with Crippen molar-refractivity contribution in [2.75, 3.05) is 34.2 Å². The molecule has 0 aliphatic carbocycles. The normalized spacial score (nSPS) is 13.7. The van der Waals surface area contributed by atoms with Crippen molar-refractivity contribution in [2.24, 2.45) is 17.2 Å². The van der Waals surface area contributed by atoms with Crippen molar-refractivity contribution in [3.05, 3.63) is 0 Å². The van der Waals surface area contributed by atoms with E-state index in [2.05, 4.69) is 21.1 Å². The van der Waals surface area contributed by atoms with Crippen molar-refractivity contribution in [3.63, 3.8) is 0 Å². The monoisotopic (exact) mass is 321 g/mol. The second-order valence-electron chi connectivity index (χ2n) is 6.33. The molecule has 0 aliphatic rings. The van der Waals surface area contributed by atoms with Gasteiger partial charge in [-0.15, -0.1) is 0 Å². The molecule has 0 aromatic rings. The summed E-state index contributed by atoms with van der Waals surface area (Å²) >= 11 is 0. The molecular formula is C14H33N4O4+. The molecule has 22 heavy (non-hydrogen) atoms. The Morgan fingerprint density at radius 2 is 1.32 bits per heavy atom. The number of hydrogen-bond acceptors (Lipinski definition) is 5. The second-order valence-corrected chi connectivity index (χ2v) is 6.33. The Morgan fingerprint density at radius 3 is 1.64 bits per heavy atom. The maximum Gasteiger partial charge on any atom is 0.320 e. The van der Waals surface area contributed by atoms with Gasteiger partial charge in [0.1, 0.15) is 12.1 Å². The molecule has 0 saturated carbocycles. The van der Waals surface area contributed by atoms with Gasteiger partial charge >= 0.3 is 11.9 Å². The van der Waals surface area contributed by atoms with E-state index >= 15 is 0 Å². The van der Waals surface area contributed by atoms with E-state index < -0.39 is 24.0 Å². The van der Waals surface area contributed by atoms with Crippen LogP contribution >= 0.6 is 0 Å². The Labute approximate surface area is 132 Å². The zero-order valence-corrected chi connectivity index (χ0v) is 14.0. The van der Waals surface area contributed by atoms with Crippen molar-refractivity contribution in [1.82, 2.24) is 0 Å². The van der Waals surface area contributed by atoms with Gasteiger partial charge in [-0.05, 0) is 32.2 Å². The largest absolute Gasteiger partial charge is 0.480 e. The lowest BCUT2D eigenvalue weighted by atomic mass is 10.1. The zero-order chi connectivity index (χ0) is 17.8. The maximum atomic E-state index is 10.3. The van der Waals surface area contributed by atoms with Gasteiger partial charge in [0, 0.05) is 0 Å². The lowest BCUT2D eigenvalue weighted by molar-refractivity contribution is -0.870. The SMILES string of the molecule is C[N+](C)(C)CCCC(N)C(=O)O.NCCCCC(N)C(=O)O.